The van der Waals surface area contributed by atoms with Crippen molar-refractivity contribution < 1.29 is 9.59 Å². The van der Waals surface area contributed by atoms with Crippen molar-refractivity contribution in [3.8, 4) is 0 Å². The van der Waals surface area contributed by atoms with E-state index >= 15 is 0 Å². The van der Waals surface area contributed by atoms with Crippen LogP contribution < -0.4 is 0 Å². The minimum absolute atomic E-state index is 0.0398. The molecule has 0 radical (unpaired) electrons. The maximum absolute atomic E-state index is 13.4. The number of nitrogens with zero attached hydrogens (tertiary/aromatic N) is 2. The summed E-state index contributed by atoms with van der Waals surface area (Å²) in [5, 5.41) is 2.12. The first kappa shape index (κ1) is 21.6. The number of rotatable bonds is 7. The molecule has 5 heteroatoms. The predicted molar refractivity (Wildman–Crippen MR) is 119 cm³/mol. The van der Waals surface area contributed by atoms with Crippen LogP contribution in [-0.2, 0) is 16.0 Å². The molecule has 1 aliphatic heterocycles. The molecular formula is C24H32N2O2S. The second kappa shape index (κ2) is 9.57. The molecule has 1 unspecified atom stereocenters. The van der Waals surface area contributed by atoms with Gasteiger partial charge in [-0.15, -0.1) is 11.3 Å². The minimum Gasteiger partial charge on any atom is -0.333 e. The summed E-state index contributed by atoms with van der Waals surface area (Å²) < 4.78 is 0. The number of hydrogen-bond acceptors (Lipinski definition) is 3. The summed E-state index contributed by atoms with van der Waals surface area (Å²) in [5.41, 5.74) is 3.58. The molecular weight excluding hydrogens is 380 g/mol. The zero-order valence-electron chi connectivity index (χ0n) is 18.0. The summed E-state index contributed by atoms with van der Waals surface area (Å²) in [4.78, 5) is 31.1. The lowest BCUT2D eigenvalue weighted by Gasteiger charge is -2.37. The molecule has 0 aliphatic carbocycles. The lowest BCUT2D eigenvalue weighted by Crippen LogP contribution is -2.47. The third kappa shape index (κ3) is 5.08. The highest BCUT2D eigenvalue weighted by Gasteiger charge is 2.33. The molecule has 2 heterocycles. The Labute approximate surface area is 178 Å². The highest BCUT2D eigenvalue weighted by molar-refractivity contribution is 7.10. The van der Waals surface area contributed by atoms with Crippen LogP contribution >= 0.6 is 11.3 Å². The van der Waals surface area contributed by atoms with Gasteiger partial charge in [-0.3, -0.25) is 9.59 Å². The number of hydrogen-bond donors (Lipinski definition) is 0. The van der Waals surface area contributed by atoms with Gasteiger partial charge in [0.25, 0.3) is 0 Å². The van der Waals surface area contributed by atoms with Crippen molar-refractivity contribution in [3.63, 3.8) is 0 Å². The molecule has 29 heavy (non-hydrogen) atoms. The Hall–Kier alpha value is -2.14. The van der Waals surface area contributed by atoms with Gasteiger partial charge in [-0.05, 0) is 48.3 Å². The highest BCUT2D eigenvalue weighted by Crippen LogP contribution is 2.38. The average Bonchev–Trinajstić information content (AvgIpc) is 3.16. The molecule has 156 valence electrons. The highest BCUT2D eigenvalue weighted by atomic mass is 32.1. The second-order valence-electron chi connectivity index (χ2n) is 8.36. The van der Waals surface area contributed by atoms with Gasteiger partial charge >= 0.3 is 0 Å². The first-order valence-corrected chi connectivity index (χ1v) is 11.5. The maximum atomic E-state index is 13.4. The number of carbonyl (C=O) groups excluding carboxylic acids is 2. The van der Waals surface area contributed by atoms with E-state index in [0.717, 1.165) is 18.4 Å². The second-order valence-corrected chi connectivity index (χ2v) is 9.36. The SMILES string of the molecule is CCCN(CC(=O)N1CCc2sccc2C1c1ccc(C)cc1)C(=O)CC(C)C. The molecule has 2 amide bonds. The number of thiophene rings is 1. The van der Waals surface area contributed by atoms with Crippen LogP contribution in [0.15, 0.2) is 35.7 Å². The summed E-state index contributed by atoms with van der Waals surface area (Å²) in [5.74, 6) is 0.411. The Bertz CT molecular complexity index is 841. The van der Waals surface area contributed by atoms with Crippen molar-refractivity contribution in [2.24, 2.45) is 5.92 Å². The molecule has 0 N–H and O–H groups in total. The van der Waals surface area contributed by atoms with E-state index in [-0.39, 0.29) is 24.4 Å². The maximum Gasteiger partial charge on any atom is 0.242 e. The van der Waals surface area contributed by atoms with Gasteiger partial charge in [-0.1, -0.05) is 50.6 Å². The number of aryl methyl sites for hydroxylation is 1. The smallest absolute Gasteiger partial charge is 0.242 e. The first-order valence-electron chi connectivity index (χ1n) is 10.6. The van der Waals surface area contributed by atoms with Crippen molar-refractivity contribution in [3.05, 3.63) is 57.3 Å². The molecule has 0 saturated heterocycles. The van der Waals surface area contributed by atoms with Crippen molar-refractivity contribution in [2.75, 3.05) is 19.6 Å². The molecule has 1 atom stereocenters. The Balaban J connectivity index is 1.85. The fourth-order valence-electron chi connectivity index (χ4n) is 3.99. The molecule has 0 fully saturated rings. The number of amides is 2. The Morgan fingerprint density at radius 2 is 1.93 bits per heavy atom. The van der Waals surface area contributed by atoms with Gasteiger partial charge in [0, 0.05) is 24.4 Å². The van der Waals surface area contributed by atoms with Crippen molar-refractivity contribution in [1.29, 1.82) is 0 Å². The van der Waals surface area contributed by atoms with Gasteiger partial charge in [-0.25, -0.2) is 0 Å². The van der Waals surface area contributed by atoms with Gasteiger partial charge in [-0.2, -0.15) is 0 Å². The largest absolute Gasteiger partial charge is 0.333 e. The lowest BCUT2D eigenvalue weighted by molar-refractivity contribution is -0.142. The molecule has 0 saturated carbocycles. The van der Waals surface area contributed by atoms with Crippen LogP contribution in [0.2, 0.25) is 0 Å². The fourth-order valence-corrected chi connectivity index (χ4v) is 4.89. The number of fused-ring (bicyclic) bond motifs is 1. The quantitative estimate of drug-likeness (QED) is 0.654. The Morgan fingerprint density at radius 3 is 2.59 bits per heavy atom. The summed E-state index contributed by atoms with van der Waals surface area (Å²) >= 11 is 1.77. The van der Waals surface area contributed by atoms with Gasteiger partial charge in [0.15, 0.2) is 0 Å². The van der Waals surface area contributed by atoms with Gasteiger partial charge < -0.3 is 9.80 Å². The predicted octanol–water partition coefficient (Wildman–Crippen LogP) is 4.82. The monoisotopic (exact) mass is 412 g/mol. The average molecular weight is 413 g/mol. The molecule has 1 aliphatic rings. The van der Waals surface area contributed by atoms with E-state index < -0.39 is 0 Å². The third-order valence-electron chi connectivity index (χ3n) is 5.43. The number of benzene rings is 1. The van der Waals surface area contributed by atoms with E-state index in [9.17, 15) is 9.59 Å². The minimum atomic E-state index is -0.0678. The molecule has 1 aromatic heterocycles. The lowest BCUT2D eigenvalue weighted by atomic mass is 9.92. The summed E-state index contributed by atoms with van der Waals surface area (Å²) in [6.07, 6.45) is 2.23. The fraction of sp³-hybridized carbons (Fsp3) is 0.500. The third-order valence-corrected chi connectivity index (χ3v) is 6.43. The zero-order chi connectivity index (χ0) is 21.0. The van der Waals surface area contributed by atoms with E-state index in [2.05, 4.69) is 42.6 Å². The molecule has 3 rings (SSSR count). The van der Waals surface area contributed by atoms with Crippen LogP contribution in [0.5, 0.6) is 0 Å². The van der Waals surface area contributed by atoms with Crippen LogP contribution in [0, 0.1) is 12.8 Å². The van der Waals surface area contributed by atoms with E-state index in [1.807, 2.05) is 25.7 Å². The van der Waals surface area contributed by atoms with Crippen molar-refractivity contribution in [2.45, 2.75) is 53.0 Å². The molecule has 1 aromatic carbocycles. The van der Waals surface area contributed by atoms with Crippen molar-refractivity contribution in [1.82, 2.24) is 9.80 Å². The van der Waals surface area contributed by atoms with Crippen LogP contribution in [0.25, 0.3) is 0 Å². The van der Waals surface area contributed by atoms with Crippen molar-refractivity contribution >= 4 is 23.2 Å². The van der Waals surface area contributed by atoms with E-state index in [1.54, 1.807) is 16.2 Å². The Morgan fingerprint density at radius 1 is 1.21 bits per heavy atom. The Kier molecular flexibility index (Phi) is 7.12. The summed E-state index contributed by atoms with van der Waals surface area (Å²) in [6.45, 7) is 9.70. The topological polar surface area (TPSA) is 40.6 Å². The van der Waals surface area contributed by atoms with E-state index in [1.165, 1.54) is 16.0 Å². The number of carbonyl (C=O) groups is 2. The standard InChI is InChI=1S/C24H32N2O2S/c1-5-12-25(22(27)15-17(2)3)16-23(28)26-13-10-21-20(11-14-29-21)24(26)19-8-6-18(4)7-9-19/h6-9,11,14,17,24H,5,10,12-13,15-16H2,1-4H3. The first-order chi connectivity index (χ1) is 13.9. The van der Waals surface area contributed by atoms with E-state index in [4.69, 9.17) is 0 Å². The summed E-state index contributed by atoms with van der Waals surface area (Å²) in [6, 6.07) is 10.5. The summed E-state index contributed by atoms with van der Waals surface area (Å²) in [7, 11) is 0. The molecule has 2 aromatic rings. The van der Waals surface area contributed by atoms with Gasteiger partial charge in [0.1, 0.15) is 0 Å². The van der Waals surface area contributed by atoms with E-state index in [0.29, 0.717) is 25.4 Å². The van der Waals surface area contributed by atoms with Crippen LogP contribution in [0.1, 0.15) is 61.2 Å². The zero-order valence-corrected chi connectivity index (χ0v) is 18.8. The normalized spacial score (nSPS) is 16.0. The molecule has 0 bridgehead atoms. The van der Waals surface area contributed by atoms with Crippen LogP contribution in [0.3, 0.4) is 0 Å². The van der Waals surface area contributed by atoms with Crippen LogP contribution in [-0.4, -0.2) is 41.2 Å². The molecule has 4 nitrogen and oxygen atoms in total. The van der Waals surface area contributed by atoms with Gasteiger partial charge in [0.05, 0.1) is 12.6 Å². The molecule has 0 spiro atoms. The van der Waals surface area contributed by atoms with Crippen LogP contribution in [0.4, 0.5) is 0 Å². The van der Waals surface area contributed by atoms with Gasteiger partial charge in [0.2, 0.25) is 11.8 Å².